The molecule has 0 bridgehead atoms. The largest absolute Gasteiger partial charge is 0.416 e. The van der Waals surface area contributed by atoms with E-state index in [1.807, 2.05) is 37.3 Å². The Bertz CT molecular complexity index is 1330. The van der Waals surface area contributed by atoms with Crippen molar-refractivity contribution >= 4 is 15.7 Å². The number of nitrogens with zero attached hydrogens (tertiary/aromatic N) is 2. The number of carbonyl (C=O) groups excluding carboxylic acids is 1. The van der Waals surface area contributed by atoms with Gasteiger partial charge in [-0.15, -0.1) is 10.2 Å². The van der Waals surface area contributed by atoms with Crippen LogP contribution in [0.25, 0.3) is 22.9 Å². The van der Waals surface area contributed by atoms with Gasteiger partial charge in [-0.1, -0.05) is 30.3 Å². The summed E-state index contributed by atoms with van der Waals surface area (Å²) < 4.78 is 28.9. The standard InChI is InChI=1S/C24H21N3O4S/c1-16(17-12-14-21(15-13-17)32(2,29)30)25-22(28)18-8-10-20(11-9-18)24-27-26-23(31-24)19-6-4-3-5-7-19/h3-16H,1-2H3,(H,25,28). The summed E-state index contributed by atoms with van der Waals surface area (Å²) in [4.78, 5) is 12.9. The number of benzene rings is 3. The number of hydrogen-bond donors (Lipinski definition) is 1. The summed E-state index contributed by atoms with van der Waals surface area (Å²) in [5.41, 5.74) is 2.83. The molecule has 1 atom stereocenters. The molecule has 0 saturated heterocycles. The van der Waals surface area contributed by atoms with Crippen molar-refractivity contribution in [3.8, 4) is 22.9 Å². The molecule has 0 aliphatic heterocycles. The molecule has 7 nitrogen and oxygen atoms in total. The van der Waals surface area contributed by atoms with Crippen molar-refractivity contribution < 1.29 is 17.6 Å². The van der Waals surface area contributed by atoms with Crippen molar-refractivity contribution in [2.75, 3.05) is 6.26 Å². The number of hydrogen-bond acceptors (Lipinski definition) is 6. The molecule has 8 heteroatoms. The molecule has 162 valence electrons. The number of carbonyl (C=O) groups is 1. The SMILES string of the molecule is CC(NC(=O)c1ccc(-c2nnc(-c3ccccc3)o2)cc1)c1ccc(S(C)(=O)=O)cc1. The Morgan fingerprint density at radius 3 is 1.97 bits per heavy atom. The molecule has 1 aromatic heterocycles. The zero-order chi connectivity index (χ0) is 22.7. The highest BCUT2D eigenvalue weighted by Crippen LogP contribution is 2.24. The molecule has 0 aliphatic carbocycles. The van der Waals surface area contributed by atoms with Crippen molar-refractivity contribution in [1.82, 2.24) is 15.5 Å². The topological polar surface area (TPSA) is 102 Å². The van der Waals surface area contributed by atoms with E-state index in [2.05, 4.69) is 15.5 Å². The summed E-state index contributed by atoms with van der Waals surface area (Å²) in [7, 11) is -3.26. The van der Waals surface area contributed by atoms with Gasteiger partial charge in [-0.3, -0.25) is 4.79 Å². The maximum Gasteiger partial charge on any atom is 0.251 e. The quantitative estimate of drug-likeness (QED) is 0.473. The third kappa shape index (κ3) is 4.76. The Hall–Kier alpha value is -3.78. The van der Waals surface area contributed by atoms with E-state index in [0.29, 0.717) is 22.9 Å². The van der Waals surface area contributed by atoms with Gasteiger partial charge in [0.2, 0.25) is 11.8 Å². The van der Waals surface area contributed by atoms with Crippen LogP contribution >= 0.6 is 0 Å². The van der Waals surface area contributed by atoms with Gasteiger partial charge in [-0.05, 0) is 61.0 Å². The summed E-state index contributed by atoms with van der Waals surface area (Å²) in [6, 6.07) is 22.6. The van der Waals surface area contributed by atoms with Gasteiger partial charge in [0.1, 0.15) is 0 Å². The third-order valence-corrected chi connectivity index (χ3v) is 6.12. The molecule has 3 aromatic carbocycles. The Morgan fingerprint density at radius 2 is 1.41 bits per heavy atom. The van der Waals surface area contributed by atoms with Gasteiger partial charge in [0.15, 0.2) is 9.84 Å². The first-order chi connectivity index (χ1) is 15.3. The van der Waals surface area contributed by atoms with Gasteiger partial charge < -0.3 is 9.73 Å². The molecule has 0 aliphatic rings. The Labute approximate surface area is 186 Å². The molecular weight excluding hydrogens is 426 g/mol. The maximum atomic E-state index is 12.6. The molecule has 4 aromatic rings. The average Bonchev–Trinajstić information content (AvgIpc) is 3.29. The summed E-state index contributed by atoms with van der Waals surface area (Å²) in [6.07, 6.45) is 1.16. The van der Waals surface area contributed by atoms with Crippen LogP contribution in [0.1, 0.15) is 28.9 Å². The van der Waals surface area contributed by atoms with Crippen LogP contribution in [0.3, 0.4) is 0 Å². The van der Waals surface area contributed by atoms with Gasteiger partial charge in [0.05, 0.1) is 10.9 Å². The van der Waals surface area contributed by atoms with Gasteiger partial charge in [0, 0.05) is 22.9 Å². The van der Waals surface area contributed by atoms with Gasteiger partial charge in [-0.25, -0.2) is 8.42 Å². The van der Waals surface area contributed by atoms with Crippen molar-refractivity contribution in [1.29, 1.82) is 0 Å². The smallest absolute Gasteiger partial charge is 0.251 e. The molecule has 1 unspecified atom stereocenters. The highest BCUT2D eigenvalue weighted by Gasteiger charge is 2.15. The second-order valence-electron chi connectivity index (χ2n) is 7.39. The minimum atomic E-state index is -3.26. The van der Waals surface area contributed by atoms with Crippen molar-refractivity contribution in [3.63, 3.8) is 0 Å². The lowest BCUT2D eigenvalue weighted by Gasteiger charge is -2.15. The molecule has 0 saturated carbocycles. The first-order valence-corrected chi connectivity index (χ1v) is 11.8. The van der Waals surface area contributed by atoms with Crippen molar-refractivity contribution in [2.24, 2.45) is 0 Å². The number of nitrogens with one attached hydrogen (secondary N) is 1. The van der Waals surface area contributed by atoms with Crippen LogP contribution in [0.15, 0.2) is 88.2 Å². The minimum Gasteiger partial charge on any atom is -0.416 e. The van der Waals surface area contributed by atoms with E-state index in [1.165, 1.54) is 12.1 Å². The van der Waals surface area contributed by atoms with Crippen LogP contribution in [0, 0.1) is 0 Å². The summed E-state index contributed by atoms with van der Waals surface area (Å²) in [5.74, 6) is 0.556. The van der Waals surface area contributed by atoms with E-state index in [1.54, 1.807) is 36.4 Å². The highest BCUT2D eigenvalue weighted by atomic mass is 32.2. The lowest BCUT2D eigenvalue weighted by molar-refractivity contribution is 0.0940. The second kappa shape index (κ2) is 8.76. The Balaban J connectivity index is 1.44. The van der Waals surface area contributed by atoms with Crippen LogP contribution in [0.4, 0.5) is 0 Å². The number of rotatable bonds is 6. The van der Waals surface area contributed by atoms with E-state index >= 15 is 0 Å². The molecule has 0 fully saturated rings. The molecule has 1 amide bonds. The maximum absolute atomic E-state index is 12.6. The van der Waals surface area contributed by atoms with E-state index in [9.17, 15) is 13.2 Å². The Morgan fingerprint density at radius 1 is 0.844 bits per heavy atom. The number of aromatic nitrogens is 2. The van der Waals surface area contributed by atoms with Gasteiger partial charge in [0.25, 0.3) is 5.91 Å². The first kappa shape index (κ1) is 21.5. The Kier molecular flexibility index (Phi) is 5.87. The van der Waals surface area contributed by atoms with Crippen molar-refractivity contribution in [3.05, 3.63) is 90.0 Å². The van der Waals surface area contributed by atoms with E-state index in [0.717, 1.165) is 17.4 Å². The van der Waals surface area contributed by atoms with Crippen LogP contribution in [0.2, 0.25) is 0 Å². The average molecular weight is 448 g/mol. The number of amides is 1. The molecule has 4 rings (SSSR count). The third-order valence-electron chi connectivity index (χ3n) is 5.00. The molecule has 0 radical (unpaired) electrons. The zero-order valence-corrected chi connectivity index (χ0v) is 18.3. The van der Waals surface area contributed by atoms with Gasteiger partial charge >= 0.3 is 0 Å². The molecule has 1 N–H and O–H groups in total. The predicted molar refractivity (Wildman–Crippen MR) is 121 cm³/mol. The lowest BCUT2D eigenvalue weighted by atomic mass is 10.1. The molecule has 1 heterocycles. The van der Waals surface area contributed by atoms with Gasteiger partial charge in [-0.2, -0.15) is 0 Å². The first-order valence-electron chi connectivity index (χ1n) is 9.91. The van der Waals surface area contributed by atoms with Crippen LogP contribution in [-0.4, -0.2) is 30.8 Å². The molecule has 32 heavy (non-hydrogen) atoms. The monoisotopic (exact) mass is 447 g/mol. The fraction of sp³-hybridized carbons (Fsp3) is 0.125. The van der Waals surface area contributed by atoms with E-state index in [4.69, 9.17) is 4.42 Å². The predicted octanol–water partition coefficient (Wildman–Crippen LogP) is 4.30. The van der Waals surface area contributed by atoms with Crippen LogP contribution in [-0.2, 0) is 9.84 Å². The summed E-state index contributed by atoms with van der Waals surface area (Å²) in [5, 5.41) is 11.1. The second-order valence-corrected chi connectivity index (χ2v) is 9.41. The van der Waals surface area contributed by atoms with Crippen LogP contribution in [0.5, 0.6) is 0 Å². The summed E-state index contributed by atoms with van der Waals surface area (Å²) in [6.45, 7) is 1.84. The van der Waals surface area contributed by atoms with Crippen molar-refractivity contribution in [2.45, 2.75) is 17.9 Å². The highest BCUT2D eigenvalue weighted by molar-refractivity contribution is 7.90. The van der Waals surface area contributed by atoms with E-state index < -0.39 is 9.84 Å². The van der Waals surface area contributed by atoms with Crippen LogP contribution < -0.4 is 5.32 Å². The fourth-order valence-electron chi connectivity index (χ4n) is 3.17. The minimum absolute atomic E-state index is 0.242. The lowest BCUT2D eigenvalue weighted by Crippen LogP contribution is -2.26. The number of sulfone groups is 1. The molecule has 0 spiro atoms. The summed E-state index contributed by atoms with van der Waals surface area (Å²) >= 11 is 0. The fourth-order valence-corrected chi connectivity index (χ4v) is 3.80. The van der Waals surface area contributed by atoms with E-state index in [-0.39, 0.29) is 16.8 Å². The zero-order valence-electron chi connectivity index (χ0n) is 17.5. The molecular formula is C24H21N3O4S. The normalized spacial score (nSPS) is 12.3.